The number of carboxylic acids is 1. The Morgan fingerprint density at radius 2 is 2.33 bits per heavy atom. The number of hydrogen-bond donors (Lipinski definition) is 2. The van der Waals surface area contributed by atoms with Gasteiger partial charge in [-0.1, -0.05) is 6.92 Å². The summed E-state index contributed by atoms with van der Waals surface area (Å²) in [7, 11) is -3.79. The van der Waals surface area contributed by atoms with Crippen LogP contribution in [0.5, 0.6) is 0 Å². The molecular weight excluding hydrogens is 258 g/mol. The molecule has 18 heavy (non-hydrogen) atoms. The van der Waals surface area contributed by atoms with Gasteiger partial charge in [0.25, 0.3) is 10.0 Å². The lowest BCUT2D eigenvalue weighted by molar-refractivity contribution is 0.0692. The maximum atomic E-state index is 12.3. The molecule has 1 aliphatic heterocycles. The van der Waals surface area contributed by atoms with Crippen molar-refractivity contribution in [3.8, 4) is 0 Å². The molecule has 0 spiro atoms. The van der Waals surface area contributed by atoms with E-state index >= 15 is 0 Å². The van der Waals surface area contributed by atoms with Crippen LogP contribution in [0.2, 0.25) is 0 Å². The van der Waals surface area contributed by atoms with Crippen molar-refractivity contribution >= 4 is 16.0 Å². The molecule has 1 aromatic heterocycles. The quantitative estimate of drug-likeness (QED) is 0.836. The van der Waals surface area contributed by atoms with Crippen LogP contribution in [0.15, 0.2) is 11.2 Å². The fourth-order valence-electron chi connectivity index (χ4n) is 2.12. The van der Waals surface area contributed by atoms with Crippen LogP contribution < -0.4 is 0 Å². The van der Waals surface area contributed by atoms with Crippen LogP contribution in [0, 0.1) is 5.92 Å². The molecule has 1 aliphatic rings. The first kappa shape index (κ1) is 13.0. The molecule has 7 nitrogen and oxygen atoms in total. The Labute approximate surface area is 105 Å². The summed E-state index contributed by atoms with van der Waals surface area (Å²) in [6.45, 7) is 2.82. The summed E-state index contributed by atoms with van der Waals surface area (Å²) in [6, 6.07) is 0. The summed E-state index contributed by atoms with van der Waals surface area (Å²) in [5.74, 6) is -1.02. The molecule has 0 radical (unpaired) electrons. The Bertz CT molecular complexity index is 551. The van der Waals surface area contributed by atoms with Crippen molar-refractivity contribution in [2.75, 3.05) is 13.1 Å². The van der Waals surface area contributed by atoms with Gasteiger partial charge in [0, 0.05) is 13.1 Å². The third kappa shape index (κ3) is 2.25. The number of hydrogen-bond acceptors (Lipinski definition) is 4. The molecule has 0 bridgehead atoms. The third-order valence-corrected chi connectivity index (χ3v) is 4.89. The fourth-order valence-corrected chi connectivity index (χ4v) is 3.78. The molecule has 2 N–H and O–H groups in total. The lowest BCUT2D eigenvalue weighted by Crippen LogP contribution is -2.39. The first-order chi connectivity index (χ1) is 8.43. The van der Waals surface area contributed by atoms with E-state index in [0.717, 1.165) is 19.0 Å². The minimum atomic E-state index is -3.79. The Kier molecular flexibility index (Phi) is 3.40. The molecule has 1 fully saturated rings. The molecule has 2 heterocycles. The van der Waals surface area contributed by atoms with Crippen LogP contribution in [0.3, 0.4) is 0 Å². The number of carboxylic acid groups (broad SMARTS) is 1. The predicted molar refractivity (Wildman–Crippen MR) is 62.7 cm³/mol. The predicted octanol–water partition coefficient (Wildman–Crippen LogP) is 0.528. The molecule has 1 saturated heterocycles. The average Bonchev–Trinajstić information content (AvgIpc) is 2.78. The summed E-state index contributed by atoms with van der Waals surface area (Å²) >= 11 is 0. The number of nitrogens with zero attached hydrogens (tertiary/aromatic N) is 2. The topological polar surface area (TPSA) is 103 Å². The number of aromatic carboxylic acids is 1. The number of rotatable bonds is 3. The highest BCUT2D eigenvalue weighted by Gasteiger charge is 2.33. The Hall–Kier alpha value is -1.41. The van der Waals surface area contributed by atoms with Gasteiger partial charge in [-0.3, -0.25) is 5.10 Å². The molecule has 0 amide bonds. The Balaban J connectivity index is 2.36. The normalized spacial score (nSPS) is 21.9. The van der Waals surface area contributed by atoms with E-state index in [1.807, 2.05) is 6.92 Å². The molecule has 1 unspecified atom stereocenters. The van der Waals surface area contributed by atoms with Crippen LogP contribution in [0.4, 0.5) is 0 Å². The summed E-state index contributed by atoms with van der Waals surface area (Å²) in [5, 5.41) is 14.4. The van der Waals surface area contributed by atoms with E-state index in [2.05, 4.69) is 10.2 Å². The zero-order valence-corrected chi connectivity index (χ0v) is 10.8. The molecule has 2 rings (SSSR count). The molecule has 1 aromatic rings. The number of carbonyl (C=O) groups is 1. The maximum absolute atomic E-state index is 12.3. The van der Waals surface area contributed by atoms with Gasteiger partial charge < -0.3 is 5.11 Å². The number of piperidine rings is 1. The highest BCUT2D eigenvalue weighted by Crippen LogP contribution is 2.24. The van der Waals surface area contributed by atoms with E-state index in [9.17, 15) is 13.2 Å². The smallest absolute Gasteiger partial charge is 0.340 e. The van der Waals surface area contributed by atoms with Gasteiger partial charge in [0.15, 0.2) is 5.03 Å². The maximum Gasteiger partial charge on any atom is 0.340 e. The minimum absolute atomic E-state index is 0.282. The molecule has 0 saturated carbocycles. The second kappa shape index (κ2) is 4.69. The van der Waals surface area contributed by atoms with E-state index in [1.54, 1.807) is 0 Å². The highest BCUT2D eigenvalue weighted by atomic mass is 32.2. The van der Waals surface area contributed by atoms with Gasteiger partial charge in [0.05, 0.1) is 6.20 Å². The second-order valence-electron chi connectivity index (χ2n) is 4.53. The van der Waals surface area contributed by atoms with Gasteiger partial charge in [0.1, 0.15) is 5.56 Å². The van der Waals surface area contributed by atoms with Crippen molar-refractivity contribution in [1.29, 1.82) is 0 Å². The number of aromatic amines is 1. The second-order valence-corrected chi connectivity index (χ2v) is 6.40. The minimum Gasteiger partial charge on any atom is -0.478 e. The van der Waals surface area contributed by atoms with Crippen molar-refractivity contribution in [2.24, 2.45) is 5.92 Å². The monoisotopic (exact) mass is 273 g/mol. The summed E-state index contributed by atoms with van der Waals surface area (Å²) in [5.41, 5.74) is -0.312. The number of H-pyrrole nitrogens is 1. The van der Waals surface area contributed by atoms with Gasteiger partial charge in [-0.15, -0.1) is 0 Å². The zero-order valence-electron chi connectivity index (χ0n) is 9.96. The first-order valence-corrected chi connectivity index (χ1v) is 7.13. The van der Waals surface area contributed by atoms with E-state index in [-0.39, 0.29) is 16.5 Å². The number of aromatic nitrogens is 2. The molecule has 1 atom stereocenters. The van der Waals surface area contributed by atoms with Crippen LogP contribution >= 0.6 is 0 Å². The van der Waals surface area contributed by atoms with Crippen molar-refractivity contribution in [3.63, 3.8) is 0 Å². The summed E-state index contributed by atoms with van der Waals surface area (Å²) in [4.78, 5) is 10.9. The van der Waals surface area contributed by atoms with Crippen LogP contribution in [-0.2, 0) is 10.0 Å². The Morgan fingerprint density at radius 1 is 1.61 bits per heavy atom. The molecule has 100 valence electrons. The van der Waals surface area contributed by atoms with Crippen molar-refractivity contribution in [2.45, 2.75) is 24.8 Å². The van der Waals surface area contributed by atoms with Crippen LogP contribution in [-0.4, -0.2) is 47.1 Å². The van der Waals surface area contributed by atoms with Crippen molar-refractivity contribution < 1.29 is 18.3 Å². The lowest BCUT2D eigenvalue weighted by atomic mass is 10.0. The fraction of sp³-hybridized carbons (Fsp3) is 0.600. The first-order valence-electron chi connectivity index (χ1n) is 5.69. The summed E-state index contributed by atoms with van der Waals surface area (Å²) in [6.07, 6.45) is 2.79. The van der Waals surface area contributed by atoms with E-state index < -0.39 is 16.0 Å². The lowest BCUT2D eigenvalue weighted by Gasteiger charge is -2.29. The van der Waals surface area contributed by atoms with Gasteiger partial charge in [-0.2, -0.15) is 9.40 Å². The Morgan fingerprint density at radius 3 is 2.94 bits per heavy atom. The molecule has 0 aromatic carbocycles. The van der Waals surface area contributed by atoms with Crippen LogP contribution in [0.25, 0.3) is 0 Å². The van der Waals surface area contributed by atoms with Gasteiger partial charge in [0.2, 0.25) is 0 Å². The van der Waals surface area contributed by atoms with Gasteiger partial charge in [-0.05, 0) is 18.8 Å². The average molecular weight is 273 g/mol. The summed E-state index contributed by atoms with van der Waals surface area (Å²) < 4.78 is 25.9. The number of sulfonamides is 1. The molecular formula is C10H15N3O4S. The molecule has 8 heteroatoms. The van der Waals surface area contributed by atoms with E-state index in [0.29, 0.717) is 13.1 Å². The molecule has 0 aliphatic carbocycles. The van der Waals surface area contributed by atoms with E-state index in [4.69, 9.17) is 5.11 Å². The number of nitrogens with one attached hydrogen (secondary N) is 1. The standard InChI is InChI=1S/C10H15N3O4S/c1-7-3-2-4-13(6-7)18(16,17)9-8(10(14)15)5-11-12-9/h5,7H,2-4,6H2,1H3,(H,11,12)(H,14,15). The van der Waals surface area contributed by atoms with Crippen molar-refractivity contribution in [1.82, 2.24) is 14.5 Å². The SMILES string of the molecule is CC1CCCN(S(=O)(=O)c2[nH]ncc2C(=O)O)C1. The van der Waals surface area contributed by atoms with Crippen molar-refractivity contribution in [3.05, 3.63) is 11.8 Å². The largest absolute Gasteiger partial charge is 0.478 e. The highest BCUT2D eigenvalue weighted by molar-refractivity contribution is 7.89. The third-order valence-electron chi connectivity index (χ3n) is 3.05. The zero-order chi connectivity index (χ0) is 13.3. The van der Waals surface area contributed by atoms with E-state index in [1.165, 1.54) is 4.31 Å². The van der Waals surface area contributed by atoms with Gasteiger partial charge in [-0.25, -0.2) is 13.2 Å². The van der Waals surface area contributed by atoms with Gasteiger partial charge >= 0.3 is 5.97 Å². The van der Waals surface area contributed by atoms with Crippen LogP contribution in [0.1, 0.15) is 30.1 Å².